The van der Waals surface area contributed by atoms with Crippen LogP contribution in [-0.2, 0) is 4.43 Å². The Labute approximate surface area is 117 Å². The molecule has 0 saturated carbocycles. The smallest absolute Gasteiger partial charge is 0.160 e. The van der Waals surface area contributed by atoms with Gasteiger partial charge in [0.25, 0.3) is 0 Å². The number of hydrogen-bond acceptors (Lipinski definition) is 2. The quantitative estimate of drug-likeness (QED) is 0.522. The van der Waals surface area contributed by atoms with Gasteiger partial charge in [0.05, 0.1) is 11.4 Å². The average molecular weight is 353 g/mol. The van der Waals surface area contributed by atoms with E-state index in [1.54, 1.807) is 18.3 Å². The summed E-state index contributed by atoms with van der Waals surface area (Å²) in [6.45, 7) is 0. The van der Waals surface area contributed by atoms with E-state index < -0.39 is 0 Å². The Balaban J connectivity index is 2.16. The highest BCUT2D eigenvalue weighted by Gasteiger charge is 2.08. The van der Waals surface area contributed by atoms with Crippen LogP contribution in [0.1, 0.15) is 5.69 Å². The molecule has 3 aromatic rings. The summed E-state index contributed by atoms with van der Waals surface area (Å²) in [5.41, 5.74) is 3.53. The number of imidazole rings is 1. The lowest BCUT2D eigenvalue weighted by Crippen LogP contribution is -1.91. The molecule has 3 rings (SSSR count). The SMILES string of the molecule is Fc1ccc(-c2cn3ccnc(CI)c3n2)cc1. The Morgan fingerprint density at radius 3 is 2.72 bits per heavy atom. The second-order valence-electron chi connectivity index (χ2n) is 3.87. The van der Waals surface area contributed by atoms with E-state index in [-0.39, 0.29) is 5.82 Å². The van der Waals surface area contributed by atoms with Gasteiger partial charge in [-0.1, -0.05) is 22.6 Å². The van der Waals surface area contributed by atoms with E-state index in [9.17, 15) is 4.39 Å². The molecule has 0 N–H and O–H groups in total. The number of halogens is 2. The molecule has 2 heterocycles. The maximum atomic E-state index is 12.9. The molecule has 90 valence electrons. The van der Waals surface area contributed by atoms with Crippen molar-refractivity contribution in [3.8, 4) is 11.3 Å². The fourth-order valence-electron chi connectivity index (χ4n) is 1.83. The molecule has 0 spiro atoms. The number of benzene rings is 1. The predicted octanol–water partition coefficient (Wildman–Crippen LogP) is 3.47. The van der Waals surface area contributed by atoms with Crippen molar-refractivity contribution >= 4 is 28.2 Å². The summed E-state index contributed by atoms with van der Waals surface area (Å²) in [5.74, 6) is -0.239. The lowest BCUT2D eigenvalue weighted by atomic mass is 10.2. The summed E-state index contributed by atoms with van der Waals surface area (Å²) in [6.07, 6.45) is 5.56. The highest BCUT2D eigenvalue weighted by Crippen LogP contribution is 2.21. The van der Waals surface area contributed by atoms with Crippen molar-refractivity contribution in [2.24, 2.45) is 0 Å². The Morgan fingerprint density at radius 1 is 1.22 bits per heavy atom. The molecule has 0 aliphatic heterocycles. The first kappa shape index (κ1) is 11.6. The van der Waals surface area contributed by atoms with Crippen LogP contribution in [0.5, 0.6) is 0 Å². The highest BCUT2D eigenvalue weighted by molar-refractivity contribution is 14.1. The summed E-state index contributed by atoms with van der Waals surface area (Å²) >= 11 is 2.26. The number of fused-ring (bicyclic) bond motifs is 1. The molecule has 0 amide bonds. The van der Waals surface area contributed by atoms with Crippen LogP contribution in [0, 0.1) is 5.82 Å². The van der Waals surface area contributed by atoms with E-state index in [0.29, 0.717) is 0 Å². The minimum atomic E-state index is -0.239. The molecule has 0 fully saturated rings. The summed E-state index contributed by atoms with van der Waals surface area (Å²) in [4.78, 5) is 8.85. The summed E-state index contributed by atoms with van der Waals surface area (Å²) < 4.78 is 15.6. The van der Waals surface area contributed by atoms with Gasteiger partial charge in [0, 0.05) is 28.6 Å². The third-order valence-electron chi connectivity index (χ3n) is 2.71. The maximum absolute atomic E-state index is 12.9. The van der Waals surface area contributed by atoms with Gasteiger partial charge < -0.3 is 4.40 Å². The van der Waals surface area contributed by atoms with Crippen molar-refractivity contribution in [1.82, 2.24) is 14.4 Å². The van der Waals surface area contributed by atoms with E-state index in [1.807, 2.05) is 16.8 Å². The van der Waals surface area contributed by atoms with Crippen LogP contribution >= 0.6 is 22.6 Å². The van der Waals surface area contributed by atoms with Gasteiger partial charge >= 0.3 is 0 Å². The minimum absolute atomic E-state index is 0.239. The van der Waals surface area contributed by atoms with Crippen LogP contribution in [0.15, 0.2) is 42.9 Å². The van der Waals surface area contributed by atoms with Crippen molar-refractivity contribution in [1.29, 1.82) is 0 Å². The zero-order chi connectivity index (χ0) is 12.5. The monoisotopic (exact) mass is 353 g/mol. The van der Waals surface area contributed by atoms with Crippen LogP contribution in [0.3, 0.4) is 0 Å². The van der Waals surface area contributed by atoms with Gasteiger partial charge in [0.2, 0.25) is 0 Å². The molecular weight excluding hydrogens is 344 g/mol. The third kappa shape index (κ3) is 1.98. The summed E-state index contributed by atoms with van der Waals surface area (Å²) in [7, 11) is 0. The van der Waals surface area contributed by atoms with Crippen LogP contribution in [-0.4, -0.2) is 14.4 Å². The first-order valence-electron chi connectivity index (χ1n) is 5.42. The van der Waals surface area contributed by atoms with Crippen LogP contribution in [0.2, 0.25) is 0 Å². The Kier molecular flexibility index (Phi) is 2.99. The van der Waals surface area contributed by atoms with E-state index in [0.717, 1.165) is 27.0 Å². The largest absolute Gasteiger partial charge is 0.303 e. The van der Waals surface area contributed by atoms with E-state index in [1.165, 1.54) is 12.1 Å². The van der Waals surface area contributed by atoms with Crippen molar-refractivity contribution in [3.63, 3.8) is 0 Å². The van der Waals surface area contributed by atoms with Gasteiger partial charge in [-0.2, -0.15) is 0 Å². The Morgan fingerprint density at radius 2 is 2.00 bits per heavy atom. The Hall–Kier alpha value is -1.50. The maximum Gasteiger partial charge on any atom is 0.160 e. The first-order valence-corrected chi connectivity index (χ1v) is 6.95. The third-order valence-corrected chi connectivity index (χ3v) is 3.44. The lowest BCUT2D eigenvalue weighted by molar-refractivity contribution is 0.628. The van der Waals surface area contributed by atoms with Gasteiger partial charge in [-0.15, -0.1) is 0 Å². The zero-order valence-electron chi connectivity index (χ0n) is 9.35. The van der Waals surface area contributed by atoms with Gasteiger partial charge in [0.15, 0.2) is 5.65 Å². The van der Waals surface area contributed by atoms with Crippen molar-refractivity contribution in [2.45, 2.75) is 4.43 Å². The van der Waals surface area contributed by atoms with E-state index >= 15 is 0 Å². The summed E-state index contributed by atoms with van der Waals surface area (Å²) in [5, 5.41) is 0. The molecule has 0 saturated heterocycles. The molecule has 0 radical (unpaired) electrons. The van der Waals surface area contributed by atoms with Gasteiger partial charge in [-0.25, -0.2) is 9.37 Å². The van der Waals surface area contributed by atoms with Gasteiger partial charge in [-0.05, 0) is 24.3 Å². The highest BCUT2D eigenvalue weighted by atomic mass is 127. The molecule has 5 heteroatoms. The topological polar surface area (TPSA) is 30.2 Å². The van der Waals surface area contributed by atoms with Crippen molar-refractivity contribution < 1.29 is 4.39 Å². The molecular formula is C13H9FIN3. The van der Waals surface area contributed by atoms with Gasteiger partial charge in [-0.3, -0.25) is 4.98 Å². The fourth-order valence-corrected chi connectivity index (χ4v) is 2.37. The molecule has 0 unspecified atom stereocenters. The molecule has 0 aliphatic carbocycles. The first-order chi connectivity index (χ1) is 8.78. The molecule has 0 atom stereocenters. The minimum Gasteiger partial charge on any atom is -0.303 e. The number of hydrogen-bond donors (Lipinski definition) is 0. The number of rotatable bonds is 2. The number of alkyl halides is 1. The number of nitrogens with zero attached hydrogens (tertiary/aromatic N) is 3. The lowest BCUT2D eigenvalue weighted by Gasteiger charge is -1.96. The molecule has 3 nitrogen and oxygen atoms in total. The van der Waals surface area contributed by atoms with Crippen molar-refractivity contribution in [3.05, 3.63) is 54.4 Å². The normalized spacial score (nSPS) is 11.0. The molecule has 18 heavy (non-hydrogen) atoms. The molecule has 0 aliphatic rings. The van der Waals surface area contributed by atoms with Crippen molar-refractivity contribution in [2.75, 3.05) is 0 Å². The molecule has 1 aromatic carbocycles. The van der Waals surface area contributed by atoms with Crippen LogP contribution in [0.25, 0.3) is 16.9 Å². The second kappa shape index (κ2) is 4.64. The standard InChI is InChI=1S/C13H9FIN3/c14-10-3-1-9(2-4-10)12-8-18-6-5-16-11(7-15)13(18)17-12/h1-6,8H,7H2. The second-order valence-corrected chi connectivity index (χ2v) is 4.63. The predicted molar refractivity (Wildman–Crippen MR) is 76.1 cm³/mol. The van der Waals surface area contributed by atoms with Crippen LogP contribution < -0.4 is 0 Å². The average Bonchev–Trinajstić information content (AvgIpc) is 2.83. The molecule has 2 aromatic heterocycles. The summed E-state index contributed by atoms with van der Waals surface area (Å²) in [6, 6.07) is 6.34. The number of aromatic nitrogens is 3. The zero-order valence-corrected chi connectivity index (χ0v) is 11.5. The fraction of sp³-hybridized carbons (Fsp3) is 0.0769. The Bertz CT molecular complexity index is 691. The van der Waals surface area contributed by atoms with Crippen LogP contribution in [0.4, 0.5) is 4.39 Å². The van der Waals surface area contributed by atoms with E-state index in [2.05, 4.69) is 32.6 Å². The van der Waals surface area contributed by atoms with Gasteiger partial charge in [0.1, 0.15) is 5.82 Å². The molecule has 0 bridgehead atoms. The van der Waals surface area contributed by atoms with E-state index in [4.69, 9.17) is 0 Å².